The predicted octanol–water partition coefficient (Wildman–Crippen LogP) is 11.7. The van der Waals surface area contributed by atoms with Crippen LogP contribution in [0.4, 0.5) is 28.4 Å². The molecule has 2 heteroatoms. The Morgan fingerprint density at radius 3 is 1.30 bits per heavy atom. The average molecular weight is 567 g/mol. The molecular formula is C42H34N2. The van der Waals surface area contributed by atoms with Crippen molar-refractivity contribution in [2.45, 2.75) is 6.92 Å². The first-order valence-corrected chi connectivity index (χ1v) is 15.1. The summed E-state index contributed by atoms with van der Waals surface area (Å²) in [6.45, 7) is 2.12. The lowest BCUT2D eigenvalue weighted by Gasteiger charge is -2.26. The number of nitrogens with zero attached hydrogens (tertiary/aromatic N) is 2. The van der Waals surface area contributed by atoms with E-state index in [2.05, 4.69) is 194 Å². The van der Waals surface area contributed by atoms with Gasteiger partial charge in [0.15, 0.2) is 0 Å². The number of hydrogen-bond acceptors (Lipinski definition) is 2. The lowest BCUT2D eigenvalue weighted by atomic mass is 10.0. The van der Waals surface area contributed by atoms with Gasteiger partial charge in [0.2, 0.25) is 0 Å². The standard InChI is InChI=1S/C42H34N2/c1-31-12-21-38(22-13-31)43(2)39-23-14-35(15-24-39)36-18-27-41(28-19-36)44(42-29-20-33-10-6-7-11-37(33)30-42)40-25-16-34(17-26-40)32-8-4-3-5-9-32/h3-30H,1-2H3. The second-order valence-electron chi connectivity index (χ2n) is 11.3. The third-order valence-electron chi connectivity index (χ3n) is 8.36. The molecule has 0 fully saturated rings. The topological polar surface area (TPSA) is 6.48 Å². The van der Waals surface area contributed by atoms with Gasteiger partial charge < -0.3 is 9.80 Å². The number of rotatable bonds is 7. The van der Waals surface area contributed by atoms with Crippen molar-refractivity contribution in [2.75, 3.05) is 16.8 Å². The average Bonchev–Trinajstić information content (AvgIpc) is 3.09. The van der Waals surface area contributed by atoms with Crippen LogP contribution in [-0.4, -0.2) is 7.05 Å². The summed E-state index contributed by atoms with van der Waals surface area (Å²) in [5, 5.41) is 2.46. The third-order valence-corrected chi connectivity index (χ3v) is 8.36. The molecule has 0 N–H and O–H groups in total. The molecule has 0 radical (unpaired) electrons. The van der Waals surface area contributed by atoms with E-state index >= 15 is 0 Å². The fourth-order valence-corrected chi connectivity index (χ4v) is 5.79. The van der Waals surface area contributed by atoms with Gasteiger partial charge in [-0.3, -0.25) is 0 Å². The summed E-state index contributed by atoms with van der Waals surface area (Å²) in [5.74, 6) is 0. The minimum atomic E-state index is 1.12. The van der Waals surface area contributed by atoms with Gasteiger partial charge in [-0.1, -0.05) is 115 Å². The monoisotopic (exact) mass is 566 g/mol. The van der Waals surface area contributed by atoms with Crippen LogP contribution in [0.15, 0.2) is 170 Å². The van der Waals surface area contributed by atoms with E-state index in [0.717, 1.165) is 22.7 Å². The number of anilines is 5. The molecule has 0 unspecified atom stereocenters. The fraction of sp³-hybridized carbons (Fsp3) is 0.0476. The first kappa shape index (κ1) is 27.2. The van der Waals surface area contributed by atoms with Gasteiger partial charge in [-0.2, -0.15) is 0 Å². The largest absolute Gasteiger partial charge is 0.345 e. The number of aryl methyl sites for hydroxylation is 1. The SMILES string of the molecule is Cc1ccc(N(C)c2ccc(-c3ccc(N(c4ccc(-c5ccccc5)cc4)c4ccc5ccccc5c4)cc3)cc2)cc1. The van der Waals surface area contributed by atoms with Crippen LogP contribution in [0.2, 0.25) is 0 Å². The molecule has 7 rings (SSSR count). The highest BCUT2D eigenvalue weighted by atomic mass is 15.1. The molecule has 7 aromatic carbocycles. The molecule has 212 valence electrons. The van der Waals surface area contributed by atoms with Crippen molar-refractivity contribution in [1.82, 2.24) is 0 Å². The highest BCUT2D eigenvalue weighted by molar-refractivity contribution is 5.89. The van der Waals surface area contributed by atoms with Gasteiger partial charge >= 0.3 is 0 Å². The Morgan fingerprint density at radius 1 is 0.341 bits per heavy atom. The molecule has 0 aliphatic rings. The van der Waals surface area contributed by atoms with Crippen LogP contribution < -0.4 is 9.80 Å². The van der Waals surface area contributed by atoms with Gasteiger partial charge in [0.1, 0.15) is 0 Å². The molecule has 2 nitrogen and oxygen atoms in total. The smallest absolute Gasteiger partial charge is 0.0468 e. The Morgan fingerprint density at radius 2 is 0.750 bits per heavy atom. The summed E-state index contributed by atoms with van der Waals surface area (Å²) in [4.78, 5) is 4.56. The maximum atomic E-state index is 2.34. The Kier molecular flexibility index (Phi) is 7.40. The second-order valence-corrected chi connectivity index (χ2v) is 11.3. The molecule has 0 aliphatic heterocycles. The molecule has 0 spiro atoms. The van der Waals surface area contributed by atoms with E-state index in [4.69, 9.17) is 0 Å². The lowest BCUT2D eigenvalue weighted by molar-refractivity contribution is 1.20. The van der Waals surface area contributed by atoms with E-state index in [1.165, 1.54) is 44.3 Å². The molecule has 0 aromatic heterocycles. The van der Waals surface area contributed by atoms with Crippen molar-refractivity contribution >= 4 is 39.2 Å². The molecule has 0 saturated heterocycles. The predicted molar refractivity (Wildman–Crippen MR) is 189 cm³/mol. The molecule has 0 atom stereocenters. The summed E-state index contributed by atoms with van der Waals surface area (Å²) >= 11 is 0. The minimum Gasteiger partial charge on any atom is -0.345 e. The summed E-state index contributed by atoms with van der Waals surface area (Å²) in [5.41, 5.74) is 11.8. The van der Waals surface area contributed by atoms with Crippen molar-refractivity contribution in [3.05, 3.63) is 175 Å². The third kappa shape index (κ3) is 5.58. The van der Waals surface area contributed by atoms with E-state index in [1.807, 2.05) is 0 Å². The summed E-state index contributed by atoms with van der Waals surface area (Å²) in [7, 11) is 2.11. The van der Waals surface area contributed by atoms with Crippen LogP contribution in [-0.2, 0) is 0 Å². The Labute approximate surface area is 260 Å². The van der Waals surface area contributed by atoms with Crippen molar-refractivity contribution in [1.29, 1.82) is 0 Å². The minimum absolute atomic E-state index is 1.12. The normalized spacial score (nSPS) is 11.0. The molecule has 0 bridgehead atoms. The maximum absolute atomic E-state index is 2.34. The van der Waals surface area contributed by atoms with Gasteiger partial charge in [0, 0.05) is 35.5 Å². The summed E-state index contributed by atoms with van der Waals surface area (Å²) < 4.78 is 0. The zero-order chi connectivity index (χ0) is 29.9. The first-order chi connectivity index (χ1) is 21.6. The van der Waals surface area contributed by atoms with Gasteiger partial charge in [0.25, 0.3) is 0 Å². The van der Waals surface area contributed by atoms with Crippen LogP contribution in [0, 0.1) is 6.92 Å². The van der Waals surface area contributed by atoms with Crippen LogP contribution in [0.25, 0.3) is 33.0 Å². The molecule has 0 amide bonds. The van der Waals surface area contributed by atoms with E-state index < -0.39 is 0 Å². The van der Waals surface area contributed by atoms with Crippen LogP contribution in [0.1, 0.15) is 5.56 Å². The van der Waals surface area contributed by atoms with Crippen molar-refractivity contribution in [3.8, 4) is 22.3 Å². The quantitative estimate of drug-likeness (QED) is 0.189. The van der Waals surface area contributed by atoms with Crippen molar-refractivity contribution in [2.24, 2.45) is 0 Å². The summed E-state index contributed by atoms with van der Waals surface area (Å²) in [6, 6.07) is 61.0. The molecule has 0 heterocycles. The van der Waals surface area contributed by atoms with Crippen LogP contribution in [0.3, 0.4) is 0 Å². The van der Waals surface area contributed by atoms with Crippen LogP contribution in [0.5, 0.6) is 0 Å². The Balaban J connectivity index is 1.20. The highest BCUT2D eigenvalue weighted by Gasteiger charge is 2.14. The zero-order valence-corrected chi connectivity index (χ0v) is 25.1. The van der Waals surface area contributed by atoms with Gasteiger partial charge in [-0.25, -0.2) is 0 Å². The Bertz CT molecular complexity index is 1990. The number of fused-ring (bicyclic) bond motifs is 1. The maximum Gasteiger partial charge on any atom is 0.0468 e. The van der Waals surface area contributed by atoms with Crippen molar-refractivity contribution in [3.63, 3.8) is 0 Å². The fourth-order valence-electron chi connectivity index (χ4n) is 5.79. The van der Waals surface area contributed by atoms with Crippen molar-refractivity contribution < 1.29 is 0 Å². The molecular weight excluding hydrogens is 532 g/mol. The number of benzene rings is 7. The van der Waals surface area contributed by atoms with E-state index in [0.29, 0.717) is 0 Å². The van der Waals surface area contributed by atoms with Gasteiger partial charge in [0.05, 0.1) is 0 Å². The highest BCUT2D eigenvalue weighted by Crippen LogP contribution is 2.38. The van der Waals surface area contributed by atoms with E-state index in [9.17, 15) is 0 Å². The van der Waals surface area contributed by atoms with Crippen LogP contribution >= 0.6 is 0 Å². The number of hydrogen-bond donors (Lipinski definition) is 0. The molecule has 0 saturated carbocycles. The Hall–Kier alpha value is -5.60. The molecule has 7 aromatic rings. The lowest BCUT2D eigenvalue weighted by Crippen LogP contribution is -2.10. The van der Waals surface area contributed by atoms with Gasteiger partial charge in [-0.05, 0) is 101 Å². The van der Waals surface area contributed by atoms with E-state index in [-0.39, 0.29) is 0 Å². The molecule has 44 heavy (non-hydrogen) atoms. The zero-order valence-electron chi connectivity index (χ0n) is 25.1. The molecule has 0 aliphatic carbocycles. The van der Waals surface area contributed by atoms with Gasteiger partial charge in [-0.15, -0.1) is 0 Å². The van der Waals surface area contributed by atoms with E-state index in [1.54, 1.807) is 0 Å². The first-order valence-electron chi connectivity index (χ1n) is 15.1. The second kappa shape index (κ2) is 11.9. The summed E-state index contributed by atoms with van der Waals surface area (Å²) in [6.07, 6.45) is 0.